The van der Waals surface area contributed by atoms with Crippen LogP contribution in [0.1, 0.15) is 26.2 Å². The molecule has 3 heterocycles. The zero-order valence-corrected chi connectivity index (χ0v) is 16.0. The Morgan fingerprint density at radius 1 is 1.41 bits per heavy atom. The number of halogens is 1. The van der Waals surface area contributed by atoms with Gasteiger partial charge in [0.2, 0.25) is 11.9 Å². The molecule has 1 saturated heterocycles. The largest absolute Gasteiger partial charge is 0.394 e. The Labute approximate surface area is 162 Å². The number of carbonyl (C=O) groups excluding carboxylic acids is 1. The van der Waals surface area contributed by atoms with Gasteiger partial charge in [-0.15, -0.1) is 0 Å². The van der Waals surface area contributed by atoms with Crippen molar-refractivity contribution in [2.45, 2.75) is 38.8 Å². The molecule has 9 nitrogen and oxygen atoms in total. The van der Waals surface area contributed by atoms with Gasteiger partial charge in [-0.2, -0.15) is 10.1 Å². The number of aromatic nitrogens is 4. The molecule has 0 bridgehead atoms. The lowest BCUT2D eigenvalue weighted by atomic mass is 10.0. The van der Waals surface area contributed by atoms with E-state index in [1.165, 1.54) is 6.20 Å². The van der Waals surface area contributed by atoms with Gasteiger partial charge in [0.15, 0.2) is 5.82 Å². The first-order chi connectivity index (χ1) is 13.1. The molecule has 3 N–H and O–H groups in total. The molecule has 0 aliphatic carbocycles. The number of rotatable bonds is 7. The van der Waals surface area contributed by atoms with Crippen LogP contribution in [0.25, 0.3) is 0 Å². The maximum Gasteiger partial charge on any atom is 0.229 e. The smallest absolute Gasteiger partial charge is 0.229 e. The van der Waals surface area contributed by atoms with Gasteiger partial charge in [-0.1, -0.05) is 11.6 Å². The van der Waals surface area contributed by atoms with Crippen LogP contribution in [-0.4, -0.2) is 61.4 Å². The van der Waals surface area contributed by atoms with Crippen molar-refractivity contribution >= 4 is 35.0 Å². The molecule has 10 heteroatoms. The topological polar surface area (TPSA) is 108 Å². The van der Waals surface area contributed by atoms with Gasteiger partial charge in [0.05, 0.1) is 31.2 Å². The lowest BCUT2D eigenvalue weighted by Crippen LogP contribution is -2.46. The molecule has 3 rings (SSSR count). The van der Waals surface area contributed by atoms with Crippen LogP contribution in [0, 0.1) is 0 Å². The summed E-state index contributed by atoms with van der Waals surface area (Å²) >= 11 is 6.22. The number of nitrogens with one attached hydrogen (secondary N) is 2. The summed E-state index contributed by atoms with van der Waals surface area (Å²) in [7, 11) is 0. The van der Waals surface area contributed by atoms with Crippen LogP contribution in [0.3, 0.4) is 0 Å². The first kappa shape index (κ1) is 19.4. The number of hydrogen-bond donors (Lipinski definition) is 3. The summed E-state index contributed by atoms with van der Waals surface area (Å²) in [5, 5.41) is 19.8. The third kappa shape index (κ3) is 5.08. The number of aliphatic hydroxyl groups excluding tert-OH is 1. The van der Waals surface area contributed by atoms with Crippen molar-refractivity contribution in [1.29, 1.82) is 0 Å². The van der Waals surface area contributed by atoms with Gasteiger partial charge in [0.25, 0.3) is 0 Å². The molecular formula is C17H24ClN7O2. The highest BCUT2D eigenvalue weighted by Crippen LogP contribution is 2.23. The molecule has 1 aliphatic heterocycles. The summed E-state index contributed by atoms with van der Waals surface area (Å²) < 4.78 is 1.62. The quantitative estimate of drug-likeness (QED) is 0.659. The Morgan fingerprint density at radius 3 is 3.04 bits per heavy atom. The van der Waals surface area contributed by atoms with Crippen molar-refractivity contribution in [3.05, 3.63) is 23.6 Å². The van der Waals surface area contributed by atoms with Crippen molar-refractivity contribution < 1.29 is 9.90 Å². The highest BCUT2D eigenvalue weighted by atomic mass is 35.5. The SMILES string of the molecule is CC(=O)N1CCCC[C@@H]1CNc1nc(Nc2cnn(CCO)c2)ncc1Cl. The summed E-state index contributed by atoms with van der Waals surface area (Å²) in [4.78, 5) is 22.3. The number of hydrogen-bond acceptors (Lipinski definition) is 7. The Morgan fingerprint density at radius 2 is 2.26 bits per heavy atom. The molecule has 1 atom stereocenters. The van der Waals surface area contributed by atoms with Crippen LogP contribution >= 0.6 is 11.6 Å². The predicted octanol–water partition coefficient (Wildman–Crippen LogP) is 1.88. The van der Waals surface area contributed by atoms with E-state index in [0.29, 0.717) is 35.6 Å². The van der Waals surface area contributed by atoms with E-state index in [1.54, 1.807) is 24.0 Å². The molecule has 0 unspecified atom stereocenters. The molecule has 27 heavy (non-hydrogen) atoms. The summed E-state index contributed by atoms with van der Waals surface area (Å²) in [6.07, 6.45) is 8.04. The predicted molar refractivity (Wildman–Crippen MR) is 103 cm³/mol. The third-order valence-electron chi connectivity index (χ3n) is 4.50. The van der Waals surface area contributed by atoms with Crippen molar-refractivity contribution in [2.24, 2.45) is 0 Å². The number of likely N-dealkylation sites (tertiary alicyclic amines) is 1. The summed E-state index contributed by atoms with van der Waals surface area (Å²) in [5.74, 6) is 1.00. The zero-order valence-electron chi connectivity index (χ0n) is 15.2. The molecule has 1 aliphatic rings. The number of anilines is 3. The Balaban J connectivity index is 1.65. The number of carbonyl (C=O) groups is 1. The van der Waals surface area contributed by atoms with Crippen LogP contribution in [0.2, 0.25) is 5.02 Å². The maximum atomic E-state index is 11.8. The highest BCUT2D eigenvalue weighted by Gasteiger charge is 2.24. The Bertz CT molecular complexity index is 782. The molecule has 0 saturated carbocycles. The highest BCUT2D eigenvalue weighted by molar-refractivity contribution is 6.32. The van der Waals surface area contributed by atoms with Gasteiger partial charge in [0.1, 0.15) is 5.02 Å². The van der Waals surface area contributed by atoms with Gasteiger partial charge in [-0.3, -0.25) is 9.48 Å². The third-order valence-corrected chi connectivity index (χ3v) is 4.78. The molecular weight excluding hydrogens is 370 g/mol. The van der Waals surface area contributed by atoms with E-state index >= 15 is 0 Å². The minimum Gasteiger partial charge on any atom is -0.394 e. The fourth-order valence-electron chi connectivity index (χ4n) is 3.18. The van der Waals surface area contributed by atoms with Crippen molar-refractivity contribution in [2.75, 3.05) is 30.3 Å². The first-order valence-corrected chi connectivity index (χ1v) is 9.38. The van der Waals surface area contributed by atoms with Gasteiger partial charge in [-0.25, -0.2) is 4.98 Å². The van der Waals surface area contributed by atoms with E-state index in [4.69, 9.17) is 16.7 Å². The Hall–Kier alpha value is -2.39. The molecule has 0 spiro atoms. The molecule has 0 radical (unpaired) electrons. The second-order valence-electron chi connectivity index (χ2n) is 6.47. The van der Waals surface area contributed by atoms with Crippen molar-refractivity contribution in [3.8, 4) is 0 Å². The van der Waals surface area contributed by atoms with E-state index in [2.05, 4.69) is 25.7 Å². The fourth-order valence-corrected chi connectivity index (χ4v) is 3.33. The molecule has 2 aromatic rings. The Kier molecular flexibility index (Phi) is 6.46. The van der Waals surface area contributed by atoms with Crippen LogP contribution in [0.4, 0.5) is 17.5 Å². The monoisotopic (exact) mass is 393 g/mol. The standard InChI is InChI=1S/C17H24ClN7O2/c1-12(27)25-5-3-2-4-14(25)9-19-16-15(18)10-20-17(23-16)22-13-8-21-24(11-13)6-7-26/h8,10-11,14,26H,2-7,9H2,1H3,(H2,19,20,22,23)/t14-/m1/s1. The van der Waals surface area contributed by atoms with Crippen LogP contribution in [0.15, 0.2) is 18.6 Å². The first-order valence-electron chi connectivity index (χ1n) is 9.01. The lowest BCUT2D eigenvalue weighted by molar-refractivity contribution is -0.132. The second-order valence-corrected chi connectivity index (χ2v) is 6.88. The van der Waals surface area contributed by atoms with E-state index in [9.17, 15) is 4.79 Å². The van der Waals surface area contributed by atoms with Crippen LogP contribution < -0.4 is 10.6 Å². The maximum absolute atomic E-state index is 11.8. The molecule has 2 aromatic heterocycles. The number of aliphatic hydroxyl groups is 1. The average molecular weight is 394 g/mol. The number of amides is 1. The van der Waals surface area contributed by atoms with E-state index < -0.39 is 0 Å². The number of piperidine rings is 1. The van der Waals surface area contributed by atoms with Crippen LogP contribution in [-0.2, 0) is 11.3 Å². The van der Waals surface area contributed by atoms with Crippen molar-refractivity contribution in [3.63, 3.8) is 0 Å². The number of nitrogens with zero attached hydrogens (tertiary/aromatic N) is 5. The minimum atomic E-state index is 0.0189. The van der Waals surface area contributed by atoms with E-state index in [1.807, 2.05) is 4.90 Å². The second kappa shape index (κ2) is 9.01. The van der Waals surface area contributed by atoms with Gasteiger partial charge >= 0.3 is 0 Å². The summed E-state index contributed by atoms with van der Waals surface area (Å²) in [5.41, 5.74) is 0.715. The minimum absolute atomic E-state index is 0.0189. The van der Waals surface area contributed by atoms with E-state index in [0.717, 1.165) is 25.8 Å². The zero-order chi connectivity index (χ0) is 19.2. The normalized spacial score (nSPS) is 17.0. The van der Waals surface area contributed by atoms with Gasteiger partial charge in [-0.05, 0) is 19.3 Å². The average Bonchev–Trinajstić information content (AvgIpc) is 3.09. The molecule has 146 valence electrons. The van der Waals surface area contributed by atoms with Gasteiger partial charge < -0.3 is 20.6 Å². The van der Waals surface area contributed by atoms with E-state index in [-0.39, 0.29) is 18.6 Å². The molecule has 0 aromatic carbocycles. The van der Waals surface area contributed by atoms with Gasteiger partial charge in [0, 0.05) is 32.3 Å². The molecule has 1 fully saturated rings. The van der Waals surface area contributed by atoms with Crippen molar-refractivity contribution in [1.82, 2.24) is 24.6 Å². The van der Waals surface area contributed by atoms with Crippen LogP contribution in [0.5, 0.6) is 0 Å². The summed E-state index contributed by atoms with van der Waals surface area (Å²) in [6.45, 7) is 3.43. The lowest BCUT2D eigenvalue weighted by Gasteiger charge is -2.35. The summed E-state index contributed by atoms with van der Waals surface area (Å²) in [6, 6.07) is 0.135. The fraction of sp³-hybridized carbons (Fsp3) is 0.529. The molecule has 1 amide bonds.